The second-order valence-corrected chi connectivity index (χ2v) is 3.07. The third kappa shape index (κ3) is 1.25. The molecular formula is C10H12N2. The van der Waals surface area contributed by atoms with Crippen molar-refractivity contribution < 1.29 is 0 Å². The van der Waals surface area contributed by atoms with E-state index < -0.39 is 0 Å². The van der Waals surface area contributed by atoms with Gasteiger partial charge in [0.1, 0.15) is 0 Å². The Morgan fingerprint density at radius 1 is 1.50 bits per heavy atom. The molecule has 0 amide bonds. The maximum Gasteiger partial charge on any atom is 0.0706 e. The zero-order valence-corrected chi connectivity index (χ0v) is 7.14. The molecule has 0 spiro atoms. The molecule has 1 aliphatic heterocycles. The van der Waals surface area contributed by atoms with Crippen LogP contribution in [-0.4, -0.2) is 23.5 Å². The van der Waals surface area contributed by atoms with Crippen LogP contribution in [0, 0.1) is 0 Å². The number of hydrogen-bond donors (Lipinski definition) is 0. The molecule has 62 valence electrons. The van der Waals surface area contributed by atoms with E-state index in [0.29, 0.717) is 6.04 Å². The third-order valence-corrected chi connectivity index (χ3v) is 2.18. The highest BCUT2D eigenvalue weighted by molar-refractivity contribution is 5.18. The van der Waals surface area contributed by atoms with E-state index >= 15 is 0 Å². The van der Waals surface area contributed by atoms with Crippen molar-refractivity contribution in [2.45, 2.75) is 6.04 Å². The molecule has 0 fully saturated rings. The van der Waals surface area contributed by atoms with Crippen LogP contribution in [-0.2, 0) is 0 Å². The van der Waals surface area contributed by atoms with Crippen LogP contribution in [0.15, 0.2) is 36.5 Å². The molecule has 0 aliphatic carbocycles. The number of aromatic nitrogens is 1. The van der Waals surface area contributed by atoms with Gasteiger partial charge in [-0.3, -0.25) is 9.88 Å². The van der Waals surface area contributed by atoms with Gasteiger partial charge in [-0.15, -0.1) is 0 Å². The predicted molar refractivity (Wildman–Crippen MR) is 48.7 cm³/mol. The molecule has 12 heavy (non-hydrogen) atoms. The number of rotatable bonds is 1. The highest BCUT2D eigenvalue weighted by Crippen LogP contribution is 2.22. The van der Waals surface area contributed by atoms with Crippen molar-refractivity contribution >= 4 is 0 Å². The molecule has 0 saturated heterocycles. The van der Waals surface area contributed by atoms with Gasteiger partial charge >= 0.3 is 0 Å². The van der Waals surface area contributed by atoms with Gasteiger partial charge < -0.3 is 0 Å². The van der Waals surface area contributed by atoms with E-state index in [1.54, 1.807) is 0 Å². The van der Waals surface area contributed by atoms with Crippen LogP contribution in [0.3, 0.4) is 0 Å². The van der Waals surface area contributed by atoms with Crippen LogP contribution in [0.5, 0.6) is 0 Å². The molecule has 0 saturated carbocycles. The summed E-state index contributed by atoms with van der Waals surface area (Å²) in [5.74, 6) is 0. The van der Waals surface area contributed by atoms with E-state index in [4.69, 9.17) is 0 Å². The quantitative estimate of drug-likeness (QED) is 0.580. The summed E-state index contributed by atoms with van der Waals surface area (Å²) in [5.41, 5.74) is 1.13. The Hall–Kier alpha value is -1.15. The Labute approximate surface area is 72.5 Å². The first-order valence-corrected chi connectivity index (χ1v) is 4.16. The lowest BCUT2D eigenvalue weighted by molar-refractivity contribution is 0.335. The molecule has 2 heterocycles. The van der Waals surface area contributed by atoms with Crippen LogP contribution in [0.25, 0.3) is 0 Å². The van der Waals surface area contributed by atoms with Gasteiger partial charge in [0, 0.05) is 12.7 Å². The Bertz CT molecular complexity index is 279. The van der Waals surface area contributed by atoms with Gasteiger partial charge in [-0.2, -0.15) is 0 Å². The first-order chi connectivity index (χ1) is 5.88. The largest absolute Gasteiger partial charge is 0.291 e. The molecular weight excluding hydrogens is 148 g/mol. The maximum absolute atomic E-state index is 4.32. The SMILES string of the molecule is CN1CC=CC1c1ccccn1. The van der Waals surface area contributed by atoms with Crippen LogP contribution in [0.2, 0.25) is 0 Å². The second-order valence-electron chi connectivity index (χ2n) is 3.07. The molecule has 0 bridgehead atoms. The second kappa shape index (κ2) is 3.07. The number of pyridine rings is 1. The Morgan fingerprint density at radius 2 is 2.42 bits per heavy atom. The Morgan fingerprint density at radius 3 is 3.00 bits per heavy atom. The molecule has 1 aromatic heterocycles. The maximum atomic E-state index is 4.32. The highest BCUT2D eigenvalue weighted by atomic mass is 15.1. The molecule has 2 nitrogen and oxygen atoms in total. The van der Waals surface area contributed by atoms with Crippen molar-refractivity contribution in [1.82, 2.24) is 9.88 Å². The molecule has 1 unspecified atom stereocenters. The third-order valence-electron chi connectivity index (χ3n) is 2.18. The molecule has 1 atom stereocenters. The molecule has 1 aliphatic rings. The summed E-state index contributed by atoms with van der Waals surface area (Å²) >= 11 is 0. The van der Waals surface area contributed by atoms with E-state index in [-0.39, 0.29) is 0 Å². The zero-order chi connectivity index (χ0) is 8.39. The van der Waals surface area contributed by atoms with Gasteiger partial charge in [0.15, 0.2) is 0 Å². The van der Waals surface area contributed by atoms with Crippen molar-refractivity contribution in [3.05, 3.63) is 42.2 Å². The lowest BCUT2D eigenvalue weighted by Crippen LogP contribution is -2.18. The molecule has 2 rings (SSSR count). The van der Waals surface area contributed by atoms with Crippen LogP contribution in [0.4, 0.5) is 0 Å². The van der Waals surface area contributed by atoms with Crippen LogP contribution < -0.4 is 0 Å². The fourth-order valence-electron chi connectivity index (χ4n) is 1.49. The standard InChI is InChI=1S/C10H12N2/c1-12-8-4-6-10(12)9-5-2-3-7-11-9/h2-7,10H,8H2,1H3. The summed E-state index contributed by atoms with van der Waals surface area (Å²) in [6.07, 6.45) is 6.22. The average Bonchev–Trinajstić information content (AvgIpc) is 2.53. The predicted octanol–water partition coefficient (Wildman–Crippen LogP) is 1.62. The van der Waals surface area contributed by atoms with Crippen LogP contribution in [0.1, 0.15) is 11.7 Å². The molecule has 1 aromatic rings. The summed E-state index contributed by atoms with van der Waals surface area (Å²) < 4.78 is 0. The fraction of sp³-hybridized carbons (Fsp3) is 0.300. The summed E-state index contributed by atoms with van der Waals surface area (Å²) in [4.78, 5) is 6.58. The average molecular weight is 160 g/mol. The first-order valence-electron chi connectivity index (χ1n) is 4.16. The first kappa shape index (κ1) is 7.50. The molecule has 0 radical (unpaired) electrons. The fourth-order valence-corrected chi connectivity index (χ4v) is 1.49. The van der Waals surface area contributed by atoms with Crippen molar-refractivity contribution in [1.29, 1.82) is 0 Å². The van der Waals surface area contributed by atoms with E-state index in [2.05, 4.69) is 35.1 Å². The van der Waals surface area contributed by atoms with E-state index in [9.17, 15) is 0 Å². The summed E-state index contributed by atoms with van der Waals surface area (Å²) in [6, 6.07) is 6.42. The summed E-state index contributed by atoms with van der Waals surface area (Å²) in [7, 11) is 2.11. The molecule has 2 heteroatoms. The summed E-state index contributed by atoms with van der Waals surface area (Å²) in [6.45, 7) is 1.03. The monoisotopic (exact) mass is 160 g/mol. The lowest BCUT2D eigenvalue weighted by Gasteiger charge is -2.17. The normalized spacial score (nSPS) is 23.2. The smallest absolute Gasteiger partial charge is 0.0706 e. The van der Waals surface area contributed by atoms with E-state index in [1.165, 1.54) is 0 Å². The minimum atomic E-state index is 0.381. The minimum absolute atomic E-state index is 0.381. The van der Waals surface area contributed by atoms with Gasteiger partial charge in [0.25, 0.3) is 0 Å². The topological polar surface area (TPSA) is 16.1 Å². The van der Waals surface area contributed by atoms with Gasteiger partial charge in [0.05, 0.1) is 11.7 Å². The van der Waals surface area contributed by atoms with Crippen LogP contribution >= 0.6 is 0 Å². The Balaban J connectivity index is 2.25. The molecule has 0 N–H and O–H groups in total. The number of hydrogen-bond acceptors (Lipinski definition) is 2. The van der Waals surface area contributed by atoms with Gasteiger partial charge in [0.2, 0.25) is 0 Å². The molecule has 0 aromatic carbocycles. The zero-order valence-electron chi connectivity index (χ0n) is 7.14. The number of nitrogens with zero attached hydrogens (tertiary/aromatic N) is 2. The van der Waals surface area contributed by atoms with Crippen molar-refractivity contribution in [3.8, 4) is 0 Å². The van der Waals surface area contributed by atoms with Gasteiger partial charge in [-0.05, 0) is 19.2 Å². The van der Waals surface area contributed by atoms with E-state index in [0.717, 1.165) is 12.2 Å². The lowest BCUT2D eigenvalue weighted by atomic mass is 10.2. The van der Waals surface area contributed by atoms with Gasteiger partial charge in [-0.1, -0.05) is 18.2 Å². The van der Waals surface area contributed by atoms with Crippen molar-refractivity contribution in [2.24, 2.45) is 0 Å². The Kier molecular flexibility index (Phi) is 1.92. The minimum Gasteiger partial charge on any atom is -0.291 e. The summed E-state index contributed by atoms with van der Waals surface area (Å²) in [5, 5.41) is 0. The number of likely N-dealkylation sites (N-methyl/N-ethyl adjacent to an activating group) is 1. The van der Waals surface area contributed by atoms with Crippen molar-refractivity contribution in [3.63, 3.8) is 0 Å². The van der Waals surface area contributed by atoms with Gasteiger partial charge in [-0.25, -0.2) is 0 Å². The highest BCUT2D eigenvalue weighted by Gasteiger charge is 2.17. The van der Waals surface area contributed by atoms with E-state index in [1.807, 2.05) is 18.3 Å². The van der Waals surface area contributed by atoms with Crippen molar-refractivity contribution in [2.75, 3.05) is 13.6 Å².